The second kappa shape index (κ2) is 2.69. The molecule has 0 spiro atoms. The van der Waals surface area contributed by atoms with Crippen LogP contribution in [0, 0.1) is 0 Å². The highest BCUT2D eigenvalue weighted by molar-refractivity contribution is 5.02. The first-order chi connectivity index (χ1) is 5.71. The smallest absolute Gasteiger partial charge is 0.384 e. The summed E-state index contributed by atoms with van der Waals surface area (Å²) in [5.74, 6) is 0. The third-order valence-corrected chi connectivity index (χ3v) is 1.38. The Morgan fingerprint density at radius 2 is 1.92 bits per heavy atom. The highest BCUT2D eigenvalue weighted by atomic mass is 19.4. The van der Waals surface area contributed by atoms with E-state index in [1.165, 1.54) is 13.8 Å². The van der Waals surface area contributed by atoms with Crippen molar-refractivity contribution < 1.29 is 18.3 Å². The van der Waals surface area contributed by atoms with Gasteiger partial charge in [-0.1, -0.05) is 5.21 Å². The molecule has 0 fully saturated rings. The van der Waals surface area contributed by atoms with Gasteiger partial charge in [-0.2, -0.15) is 4.68 Å². The van der Waals surface area contributed by atoms with Gasteiger partial charge in [-0.3, -0.25) is 0 Å². The number of aliphatic hydroxyl groups is 1. The summed E-state index contributed by atoms with van der Waals surface area (Å²) >= 11 is 0. The molecule has 0 saturated heterocycles. The first-order valence-electron chi connectivity index (χ1n) is 3.43. The molecule has 0 aliphatic carbocycles. The second-order valence-corrected chi connectivity index (χ2v) is 3.08. The first-order valence-corrected chi connectivity index (χ1v) is 3.43. The minimum atomic E-state index is -4.59. The summed E-state index contributed by atoms with van der Waals surface area (Å²) in [6.45, 7) is 2.66. The van der Waals surface area contributed by atoms with Gasteiger partial charge in [0.05, 0.1) is 6.20 Å². The van der Waals surface area contributed by atoms with E-state index in [1.807, 2.05) is 0 Å². The number of hydrogen-bond acceptors (Lipinski definition) is 3. The molecular weight excluding hydrogens is 187 g/mol. The lowest BCUT2D eigenvalue weighted by atomic mass is 10.1. The first kappa shape index (κ1) is 9.97. The molecule has 0 aromatic carbocycles. The predicted octanol–water partition coefficient (Wildman–Crippen LogP) is 0.982. The summed E-state index contributed by atoms with van der Waals surface area (Å²) < 4.78 is 35.7. The summed E-state index contributed by atoms with van der Waals surface area (Å²) in [6, 6.07) is 0. The fraction of sp³-hybridized carbons (Fsp3) is 0.667. The molecule has 1 heterocycles. The SMILES string of the molecule is CC(C)(O)c1cn(C(F)(F)F)nn1. The molecule has 0 radical (unpaired) electrons. The molecule has 0 aliphatic rings. The van der Waals surface area contributed by atoms with Crippen molar-refractivity contribution in [1.29, 1.82) is 0 Å². The van der Waals surface area contributed by atoms with Crippen molar-refractivity contribution in [2.24, 2.45) is 0 Å². The number of nitrogens with zero attached hydrogens (tertiary/aromatic N) is 3. The van der Waals surface area contributed by atoms with Crippen molar-refractivity contribution in [2.75, 3.05) is 0 Å². The molecule has 0 bridgehead atoms. The van der Waals surface area contributed by atoms with Gasteiger partial charge in [0.1, 0.15) is 11.3 Å². The van der Waals surface area contributed by atoms with Crippen molar-refractivity contribution in [2.45, 2.75) is 25.7 Å². The summed E-state index contributed by atoms with van der Waals surface area (Å²) in [6.07, 6.45) is -3.93. The Labute approximate surface area is 72.0 Å². The molecule has 4 nitrogen and oxygen atoms in total. The van der Waals surface area contributed by atoms with Gasteiger partial charge < -0.3 is 5.11 Å². The lowest BCUT2D eigenvalue weighted by Crippen LogP contribution is -2.18. The van der Waals surface area contributed by atoms with Crippen molar-refractivity contribution in [3.63, 3.8) is 0 Å². The maximum absolute atomic E-state index is 12.0. The number of aromatic nitrogens is 3. The Kier molecular flexibility index (Phi) is 2.07. The van der Waals surface area contributed by atoms with Crippen LogP contribution in [-0.2, 0) is 11.9 Å². The van der Waals surface area contributed by atoms with Crippen molar-refractivity contribution in [3.8, 4) is 0 Å². The molecule has 1 aromatic heterocycles. The van der Waals surface area contributed by atoms with Crippen LogP contribution in [0.5, 0.6) is 0 Å². The molecule has 1 aromatic rings. The van der Waals surface area contributed by atoms with E-state index in [1.54, 1.807) is 0 Å². The molecule has 0 amide bonds. The molecule has 74 valence electrons. The summed E-state index contributed by atoms with van der Waals surface area (Å²) in [5, 5.41) is 15.3. The molecule has 13 heavy (non-hydrogen) atoms. The van der Waals surface area contributed by atoms with Crippen LogP contribution in [0.1, 0.15) is 19.5 Å². The molecule has 0 unspecified atom stereocenters. The average molecular weight is 195 g/mol. The average Bonchev–Trinajstić information content (AvgIpc) is 2.28. The quantitative estimate of drug-likeness (QED) is 0.726. The van der Waals surface area contributed by atoms with Crippen LogP contribution in [0.3, 0.4) is 0 Å². The fourth-order valence-corrected chi connectivity index (χ4v) is 0.668. The predicted molar refractivity (Wildman–Crippen MR) is 36.6 cm³/mol. The third kappa shape index (κ3) is 2.18. The minimum absolute atomic E-state index is 0.121. The highest BCUT2D eigenvalue weighted by Gasteiger charge is 2.34. The van der Waals surface area contributed by atoms with Crippen LogP contribution < -0.4 is 0 Å². The van der Waals surface area contributed by atoms with Crippen molar-refractivity contribution in [3.05, 3.63) is 11.9 Å². The zero-order valence-electron chi connectivity index (χ0n) is 7.00. The van der Waals surface area contributed by atoms with Crippen molar-refractivity contribution in [1.82, 2.24) is 15.0 Å². The monoisotopic (exact) mass is 195 g/mol. The normalized spacial score (nSPS) is 13.4. The van der Waals surface area contributed by atoms with E-state index in [0.717, 1.165) is 0 Å². The van der Waals surface area contributed by atoms with Crippen LogP contribution in [0.25, 0.3) is 0 Å². The topological polar surface area (TPSA) is 50.9 Å². The minimum Gasteiger partial charge on any atom is -0.384 e. The summed E-state index contributed by atoms with van der Waals surface area (Å²) in [4.78, 5) is 0. The lowest BCUT2D eigenvalue weighted by molar-refractivity contribution is -0.213. The van der Waals surface area contributed by atoms with E-state index >= 15 is 0 Å². The van der Waals surface area contributed by atoms with E-state index in [-0.39, 0.29) is 10.4 Å². The van der Waals surface area contributed by atoms with Gasteiger partial charge in [0.2, 0.25) is 0 Å². The van der Waals surface area contributed by atoms with E-state index in [0.29, 0.717) is 6.20 Å². The van der Waals surface area contributed by atoms with E-state index in [2.05, 4.69) is 10.3 Å². The maximum Gasteiger partial charge on any atom is 0.505 e. The van der Waals surface area contributed by atoms with E-state index in [4.69, 9.17) is 0 Å². The third-order valence-electron chi connectivity index (χ3n) is 1.38. The van der Waals surface area contributed by atoms with Crippen molar-refractivity contribution >= 4 is 0 Å². The van der Waals surface area contributed by atoms with Gasteiger partial charge in [-0.05, 0) is 13.8 Å². The van der Waals surface area contributed by atoms with E-state index in [9.17, 15) is 18.3 Å². The molecule has 0 saturated carbocycles. The molecule has 1 N–H and O–H groups in total. The molecule has 0 atom stereocenters. The van der Waals surface area contributed by atoms with Gasteiger partial charge in [0.15, 0.2) is 0 Å². The fourth-order valence-electron chi connectivity index (χ4n) is 0.668. The lowest BCUT2D eigenvalue weighted by Gasteiger charge is -2.11. The molecule has 1 rings (SSSR count). The van der Waals surface area contributed by atoms with Gasteiger partial charge >= 0.3 is 6.30 Å². The molecule has 0 aliphatic heterocycles. The number of halogens is 3. The maximum atomic E-state index is 12.0. The van der Waals surface area contributed by atoms with Crippen LogP contribution in [0.15, 0.2) is 6.20 Å². The van der Waals surface area contributed by atoms with Crippen LogP contribution in [0.4, 0.5) is 13.2 Å². The van der Waals surface area contributed by atoms with Crippen LogP contribution >= 0.6 is 0 Å². The Balaban J connectivity index is 3.01. The highest BCUT2D eigenvalue weighted by Crippen LogP contribution is 2.23. The Morgan fingerprint density at radius 1 is 1.38 bits per heavy atom. The Hall–Kier alpha value is -1.11. The summed E-state index contributed by atoms with van der Waals surface area (Å²) in [7, 11) is 0. The number of hydrogen-bond donors (Lipinski definition) is 1. The summed E-state index contributed by atoms with van der Waals surface area (Å²) in [5.41, 5.74) is -1.53. The number of alkyl halides is 3. The van der Waals surface area contributed by atoms with Gasteiger partial charge in [0.25, 0.3) is 0 Å². The zero-order valence-corrected chi connectivity index (χ0v) is 7.00. The van der Waals surface area contributed by atoms with Crippen LogP contribution in [0.2, 0.25) is 0 Å². The van der Waals surface area contributed by atoms with Gasteiger partial charge in [-0.25, -0.2) is 0 Å². The van der Waals surface area contributed by atoms with Gasteiger partial charge in [-0.15, -0.1) is 18.3 Å². The van der Waals surface area contributed by atoms with Crippen LogP contribution in [-0.4, -0.2) is 20.1 Å². The largest absolute Gasteiger partial charge is 0.505 e. The van der Waals surface area contributed by atoms with Gasteiger partial charge in [0, 0.05) is 0 Å². The Morgan fingerprint density at radius 3 is 2.15 bits per heavy atom. The number of rotatable bonds is 1. The van der Waals surface area contributed by atoms with E-state index < -0.39 is 11.9 Å². The Bertz CT molecular complexity index is 270. The molecular formula is C6H8F3N3O. The zero-order chi connectivity index (χ0) is 10.3. The standard InChI is InChI=1S/C6H8F3N3O/c1-5(2,13)4-3-12(11-10-4)6(7,8)9/h3,13H,1-2H3. The molecule has 7 heteroatoms. The second-order valence-electron chi connectivity index (χ2n) is 3.08.